The molecule has 0 bridgehead atoms. The summed E-state index contributed by atoms with van der Waals surface area (Å²) in [6.07, 6.45) is 0.229. The third-order valence-corrected chi connectivity index (χ3v) is 8.33. The minimum Gasteiger partial charge on any atom is -0.316 e. The predicted molar refractivity (Wildman–Crippen MR) is 113 cm³/mol. The summed E-state index contributed by atoms with van der Waals surface area (Å²) < 4.78 is 25.1. The molecule has 2 aliphatic heterocycles. The molecular formula is C19H17BrN2O3S2. The van der Waals surface area contributed by atoms with E-state index in [9.17, 15) is 13.2 Å². The molecule has 4 rings (SSSR count). The van der Waals surface area contributed by atoms with Gasteiger partial charge < -0.3 is 4.90 Å². The Kier molecular flexibility index (Phi) is 5.13. The molecule has 0 saturated carbocycles. The third kappa shape index (κ3) is 4.12. The summed E-state index contributed by atoms with van der Waals surface area (Å²) in [5, 5.41) is 0.491. The highest BCUT2D eigenvalue weighted by Crippen LogP contribution is 2.41. The number of hydrogen-bond acceptors (Lipinski definition) is 4. The van der Waals surface area contributed by atoms with Gasteiger partial charge in [-0.3, -0.25) is 4.79 Å². The Morgan fingerprint density at radius 3 is 2.52 bits per heavy atom. The molecule has 0 N–H and O–H groups in total. The van der Waals surface area contributed by atoms with E-state index in [1.165, 1.54) is 11.8 Å². The van der Waals surface area contributed by atoms with E-state index >= 15 is 0 Å². The third-order valence-electron chi connectivity index (χ3n) is 4.59. The standard InChI is InChI=1S/C19H17BrN2O3S2/c20-14-6-8-15(9-7-14)22-16-11-27(24,25)12-17(16)26-19(22)21-18(23)10-13-4-2-1-3-5-13/h1-9,16-17H,10-12H2/t16-,17+/m1/s1. The number of thioether (sulfide) groups is 1. The van der Waals surface area contributed by atoms with E-state index in [2.05, 4.69) is 20.9 Å². The van der Waals surface area contributed by atoms with Crippen molar-refractivity contribution < 1.29 is 13.2 Å². The molecule has 2 saturated heterocycles. The van der Waals surface area contributed by atoms with E-state index in [0.717, 1.165) is 15.7 Å². The number of benzene rings is 2. The Hall–Kier alpha value is -1.64. The van der Waals surface area contributed by atoms with Gasteiger partial charge in [-0.15, -0.1) is 0 Å². The van der Waals surface area contributed by atoms with Crippen LogP contribution in [0.2, 0.25) is 0 Å². The van der Waals surface area contributed by atoms with Gasteiger partial charge in [-0.1, -0.05) is 58.0 Å². The predicted octanol–water partition coefficient (Wildman–Crippen LogP) is 3.29. The number of carbonyl (C=O) groups excluding carboxylic acids is 1. The monoisotopic (exact) mass is 464 g/mol. The molecule has 140 valence electrons. The minimum atomic E-state index is -3.07. The zero-order chi connectivity index (χ0) is 19.0. The lowest BCUT2D eigenvalue weighted by Gasteiger charge is -2.24. The van der Waals surface area contributed by atoms with Crippen molar-refractivity contribution in [2.45, 2.75) is 17.7 Å². The van der Waals surface area contributed by atoms with Crippen molar-refractivity contribution in [3.05, 3.63) is 64.6 Å². The van der Waals surface area contributed by atoms with E-state index < -0.39 is 9.84 Å². The first kappa shape index (κ1) is 18.7. The number of fused-ring (bicyclic) bond motifs is 1. The first-order valence-electron chi connectivity index (χ1n) is 8.49. The molecule has 2 aliphatic rings. The quantitative estimate of drug-likeness (QED) is 0.696. The molecule has 0 aromatic heterocycles. The van der Waals surface area contributed by atoms with Crippen molar-refractivity contribution in [1.82, 2.24) is 0 Å². The van der Waals surface area contributed by atoms with Gasteiger partial charge in [0.2, 0.25) is 0 Å². The molecule has 2 aromatic carbocycles. The highest BCUT2D eigenvalue weighted by molar-refractivity contribution is 9.10. The van der Waals surface area contributed by atoms with Crippen molar-refractivity contribution in [3.63, 3.8) is 0 Å². The maximum absolute atomic E-state index is 12.5. The van der Waals surface area contributed by atoms with Crippen molar-refractivity contribution >= 4 is 54.3 Å². The molecular weight excluding hydrogens is 448 g/mol. The molecule has 0 unspecified atom stereocenters. The lowest BCUT2D eigenvalue weighted by atomic mass is 10.1. The first-order valence-corrected chi connectivity index (χ1v) is 12.0. The maximum Gasteiger partial charge on any atom is 0.252 e. The van der Waals surface area contributed by atoms with Gasteiger partial charge in [0.05, 0.1) is 24.0 Å². The van der Waals surface area contributed by atoms with Crippen molar-refractivity contribution in [2.24, 2.45) is 4.99 Å². The highest BCUT2D eigenvalue weighted by Gasteiger charge is 2.49. The van der Waals surface area contributed by atoms with Crippen molar-refractivity contribution in [1.29, 1.82) is 0 Å². The molecule has 0 spiro atoms. The Labute approximate surface area is 170 Å². The molecule has 1 amide bonds. The van der Waals surface area contributed by atoms with Crippen LogP contribution in [0.15, 0.2) is 64.1 Å². The maximum atomic E-state index is 12.5. The number of anilines is 1. The van der Waals surface area contributed by atoms with Gasteiger partial charge in [0.1, 0.15) is 0 Å². The summed E-state index contributed by atoms with van der Waals surface area (Å²) in [7, 11) is -3.07. The Bertz CT molecular complexity index is 991. The number of amidine groups is 1. The fraction of sp³-hybridized carbons (Fsp3) is 0.263. The fourth-order valence-corrected chi connectivity index (χ4v) is 7.58. The van der Waals surface area contributed by atoms with Gasteiger partial charge in [-0.25, -0.2) is 8.42 Å². The van der Waals surface area contributed by atoms with E-state index in [1.807, 2.05) is 59.5 Å². The molecule has 2 fully saturated rings. The van der Waals surface area contributed by atoms with Gasteiger partial charge in [-0.2, -0.15) is 4.99 Å². The Balaban J connectivity index is 1.64. The molecule has 2 atom stereocenters. The number of sulfone groups is 1. The molecule has 5 nitrogen and oxygen atoms in total. The van der Waals surface area contributed by atoms with Gasteiger partial charge in [0.25, 0.3) is 5.91 Å². The van der Waals surface area contributed by atoms with E-state index in [1.54, 1.807) is 0 Å². The number of hydrogen-bond donors (Lipinski definition) is 0. The van der Waals surface area contributed by atoms with Crippen LogP contribution in [-0.2, 0) is 21.1 Å². The SMILES string of the molecule is O=C(Cc1ccccc1)N=C1S[C@H]2CS(=O)(=O)C[C@H]2N1c1ccc(Br)cc1. The summed E-state index contributed by atoms with van der Waals surface area (Å²) in [6, 6.07) is 16.9. The van der Waals surface area contributed by atoms with Crippen molar-refractivity contribution in [2.75, 3.05) is 16.4 Å². The van der Waals surface area contributed by atoms with Gasteiger partial charge in [0.15, 0.2) is 15.0 Å². The zero-order valence-electron chi connectivity index (χ0n) is 14.3. The number of aliphatic imine (C=N–C) groups is 1. The van der Waals surface area contributed by atoms with Gasteiger partial charge >= 0.3 is 0 Å². The molecule has 0 aliphatic carbocycles. The second-order valence-electron chi connectivity index (χ2n) is 6.60. The van der Waals surface area contributed by atoms with Crippen LogP contribution in [0.25, 0.3) is 0 Å². The van der Waals surface area contributed by atoms with Crippen LogP contribution in [0.4, 0.5) is 5.69 Å². The number of rotatable bonds is 3. The Morgan fingerprint density at radius 2 is 1.81 bits per heavy atom. The summed E-state index contributed by atoms with van der Waals surface area (Å²) in [5.74, 6) is -0.0120. The molecule has 27 heavy (non-hydrogen) atoms. The largest absolute Gasteiger partial charge is 0.316 e. The Morgan fingerprint density at radius 1 is 1.11 bits per heavy atom. The van der Waals surface area contributed by atoms with Crippen LogP contribution in [-0.4, -0.2) is 42.3 Å². The second-order valence-corrected chi connectivity index (χ2v) is 10.9. The second kappa shape index (κ2) is 7.41. The molecule has 2 aromatic rings. The fourth-order valence-electron chi connectivity index (χ4n) is 3.38. The van der Waals surface area contributed by atoms with E-state index in [-0.39, 0.29) is 35.1 Å². The summed E-state index contributed by atoms with van der Waals surface area (Å²) in [6.45, 7) is 0. The lowest BCUT2D eigenvalue weighted by Crippen LogP contribution is -2.37. The topological polar surface area (TPSA) is 66.8 Å². The smallest absolute Gasteiger partial charge is 0.252 e. The number of amides is 1. The van der Waals surface area contributed by atoms with Gasteiger partial charge in [-0.05, 0) is 29.8 Å². The van der Waals surface area contributed by atoms with Gasteiger partial charge in [0, 0.05) is 15.4 Å². The zero-order valence-corrected chi connectivity index (χ0v) is 17.5. The van der Waals surface area contributed by atoms with Crippen LogP contribution < -0.4 is 4.90 Å². The average Bonchev–Trinajstić information content (AvgIpc) is 3.07. The molecule has 8 heteroatoms. The highest BCUT2D eigenvalue weighted by atomic mass is 79.9. The average molecular weight is 465 g/mol. The van der Waals surface area contributed by atoms with E-state index in [0.29, 0.717) is 5.17 Å². The summed E-state index contributed by atoms with van der Waals surface area (Å²) in [5.41, 5.74) is 1.76. The van der Waals surface area contributed by atoms with Crippen molar-refractivity contribution in [3.8, 4) is 0 Å². The lowest BCUT2D eigenvalue weighted by molar-refractivity contribution is -0.117. The van der Waals surface area contributed by atoms with Crippen LogP contribution in [0.5, 0.6) is 0 Å². The van der Waals surface area contributed by atoms with Crippen LogP contribution in [0.1, 0.15) is 5.56 Å². The first-order chi connectivity index (χ1) is 12.9. The molecule has 2 heterocycles. The number of nitrogens with zero attached hydrogens (tertiary/aromatic N) is 2. The molecule has 0 radical (unpaired) electrons. The number of halogens is 1. The van der Waals surface area contributed by atoms with Crippen LogP contribution in [0.3, 0.4) is 0 Å². The summed E-state index contributed by atoms with van der Waals surface area (Å²) >= 11 is 4.81. The normalized spacial score (nSPS) is 24.9. The number of carbonyl (C=O) groups is 1. The summed E-state index contributed by atoms with van der Waals surface area (Å²) in [4.78, 5) is 18.7. The van der Waals surface area contributed by atoms with Crippen LogP contribution >= 0.6 is 27.7 Å². The van der Waals surface area contributed by atoms with E-state index in [4.69, 9.17) is 0 Å². The van der Waals surface area contributed by atoms with Crippen LogP contribution in [0, 0.1) is 0 Å². The minimum absolute atomic E-state index is 0.0899.